The molecule has 7 nitrogen and oxygen atoms in total. The van der Waals surface area contributed by atoms with E-state index in [1.807, 2.05) is 71.3 Å². The lowest BCUT2D eigenvalue weighted by molar-refractivity contribution is -0.160. The molecule has 1 atom stereocenters. The van der Waals surface area contributed by atoms with E-state index in [2.05, 4.69) is 5.10 Å². The highest BCUT2D eigenvalue weighted by Gasteiger charge is 2.32. The van der Waals surface area contributed by atoms with Gasteiger partial charge in [0.05, 0.1) is 27.7 Å². The van der Waals surface area contributed by atoms with E-state index in [9.17, 15) is 9.90 Å². The maximum atomic E-state index is 12.5. The molecule has 0 saturated carbocycles. The third-order valence-corrected chi connectivity index (χ3v) is 7.08. The molecule has 0 amide bonds. The van der Waals surface area contributed by atoms with Crippen molar-refractivity contribution in [3.8, 4) is 21.8 Å². The molecule has 0 spiro atoms. The number of pyridine rings is 1. The summed E-state index contributed by atoms with van der Waals surface area (Å²) in [5, 5.41) is 16.0. The van der Waals surface area contributed by atoms with Crippen molar-refractivity contribution in [3.63, 3.8) is 0 Å². The summed E-state index contributed by atoms with van der Waals surface area (Å²) in [7, 11) is 1.86. The number of hydrogen-bond acceptors (Lipinski definition) is 6. The zero-order valence-corrected chi connectivity index (χ0v) is 22.1. The van der Waals surface area contributed by atoms with Crippen LogP contribution in [0.25, 0.3) is 43.1 Å². The highest BCUT2D eigenvalue weighted by molar-refractivity contribution is 7.22. The van der Waals surface area contributed by atoms with E-state index in [1.54, 1.807) is 16.8 Å². The van der Waals surface area contributed by atoms with Gasteiger partial charge in [-0.3, -0.25) is 4.68 Å². The van der Waals surface area contributed by atoms with Gasteiger partial charge in [0, 0.05) is 23.2 Å². The average Bonchev–Trinajstić information content (AvgIpc) is 3.38. The van der Waals surface area contributed by atoms with Crippen molar-refractivity contribution in [2.45, 2.75) is 39.4 Å². The predicted octanol–water partition coefficient (Wildman–Crippen LogP) is 6.81. The Morgan fingerprint density at radius 3 is 2.47 bits per heavy atom. The fourth-order valence-corrected chi connectivity index (χ4v) is 5.51. The first-order valence-electron chi connectivity index (χ1n) is 11.4. The number of aliphatic carboxylic acids is 1. The number of carboxylic acids is 1. The molecule has 1 unspecified atom stereocenters. The van der Waals surface area contributed by atoms with Crippen LogP contribution in [0.5, 0.6) is 0 Å². The Kier molecular flexibility index (Phi) is 6.06. The lowest BCUT2D eigenvalue weighted by atomic mass is 9.91. The third kappa shape index (κ3) is 4.59. The van der Waals surface area contributed by atoms with Crippen molar-refractivity contribution < 1.29 is 14.6 Å². The highest BCUT2D eigenvalue weighted by Crippen LogP contribution is 2.44. The van der Waals surface area contributed by atoms with Crippen molar-refractivity contribution in [1.29, 1.82) is 0 Å². The van der Waals surface area contributed by atoms with E-state index in [0.717, 1.165) is 48.6 Å². The minimum Gasteiger partial charge on any atom is -0.479 e. The summed E-state index contributed by atoms with van der Waals surface area (Å²) in [4.78, 5) is 22.1. The molecular weight excluding hydrogens is 496 g/mol. The molecule has 36 heavy (non-hydrogen) atoms. The van der Waals surface area contributed by atoms with Crippen LogP contribution in [0, 0.1) is 6.92 Å². The second-order valence-corrected chi connectivity index (χ2v) is 11.1. The lowest BCUT2D eigenvalue weighted by Crippen LogP contribution is -2.28. The van der Waals surface area contributed by atoms with Crippen molar-refractivity contribution in [1.82, 2.24) is 19.7 Å². The van der Waals surface area contributed by atoms with E-state index in [0.29, 0.717) is 10.6 Å². The molecule has 0 saturated heterocycles. The topological polar surface area (TPSA) is 90.1 Å². The minimum atomic E-state index is -1.16. The number of rotatable bonds is 5. The van der Waals surface area contributed by atoms with E-state index in [1.165, 1.54) is 11.3 Å². The van der Waals surface area contributed by atoms with Crippen molar-refractivity contribution in [2.75, 3.05) is 0 Å². The van der Waals surface area contributed by atoms with E-state index in [4.69, 9.17) is 26.3 Å². The van der Waals surface area contributed by atoms with Gasteiger partial charge in [0.15, 0.2) is 6.10 Å². The number of carbonyl (C=O) groups is 1. The first kappa shape index (κ1) is 24.4. The third-order valence-electron chi connectivity index (χ3n) is 5.71. The molecule has 3 aromatic heterocycles. The minimum absolute atomic E-state index is 0.601. The van der Waals surface area contributed by atoms with Gasteiger partial charge < -0.3 is 9.84 Å². The summed E-state index contributed by atoms with van der Waals surface area (Å²) in [5.74, 6) is -1.05. The number of ether oxygens (including phenoxy) is 1. The van der Waals surface area contributed by atoms with Crippen LogP contribution in [-0.4, -0.2) is 36.4 Å². The first-order chi connectivity index (χ1) is 17.0. The smallest absolute Gasteiger partial charge is 0.337 e. The largest absolute Gasteiger partial charge is 0.479 e. The second-order valence-electron chi connectivity index (χ2n) is 9.71. The predicted molar refractivity (Wildman–Crippen MR) is 144 cm³/mol. The van der Waals surface area contributed by atoms with Crippen LogP contribution in [0.15, 0.2) is 48.7 Å². The molecule has 0 aliphatic heterocycles. The summed E-state index contributed by atoms with van der Waals surface area (Å²) < 4.78 is 8.68. The van der Waals surface area contributed by atoms with Crippen LogP contribution in [-0.2, 0) is 16.6 Å². The van der Waals surface area contributed by atoms with E-state index < -0.39 is 17.7 Å². The van der Waals surface area contributed by atoms with Crippen LogP contribution in [0.1, 0.15) is 38.0 Å². The first-order valence-corrected chi connectivity index (χ1v) is 12.6. The van der Waals surface area contributed by atoms with Crippen LogP contribution in [0.2, 0.25) is 5.02 Å². The van der Waals surface area contributed by atoms with Gasteiger partial charge in [0.2, 0.25) is 0 Å². The summed E-state index contributed by atoms with van der Waals surface area (Å²) >= 11 is 7.66. The molecule has 0 fully saturated rings. The molecule has 0 radical (unpaired) electrons. The van der Waals surface area contributed by atoms with Gasteiger partial charge in [0.25, 0.3) is 0 Å². The van der Waals surface area contributed by atoms with Gasteiger partial charge in [-0.1, -0.05) is 23.7 Å². The Labute approximate surface area is 217 Å². The zero-order valence-electron chi connectivity index (χ0n) is 20.5. The van der Waals surface area contributed by atoms with Crippen molar-refractivity contribution in [2.24, 2.45) is 7.05 Å². The Balaban J connectivity index is 1.78. The lowest BCUT2D eigenvalue weighted by Gasteiger charge is -2.28. The number of halogens is 1. The number of aryl methyl sites for hydroxylation is 2. The van der Waals surface area contributed by atoms with Gasteiger partial charge in [-0.05, 0) is 69.2 Å². The monoisotopic (exact) mass is 520 g/mol. The van der Waals surface area contributed by atoms with Gasteiger partial charge in [0.1, 0.15) is 16.0 Å². The molecular formula is C27H25ClN4O3S. The maximum Gasteiger partial charge on any atom is 0.337 e. The standard InChI is InChI=1S/C27H25ClN4O3S/c1-14-12-19-24(36-25(30-19)18-11-10-17-20(29-18)13-32(5)31-17)22(15-6-8-16(28)9-7-15)21(14)23(26(33)34)35-27(2,3)4/h6-13,23H,1-5H3,(H,33,34). The quantitative estimate of drug-likeness (QED) is 0.273. The van der Waals surface area contributed by atoms with Crippen LogP contribution in [0.4, 0.5) is 0 Å². The second kappa shape index (κ2) is 8.96. The Morgan fingerprint density at radius 2 is 1.81 bits per heavy atom. The molecule has 1 N–H and O–H groups in total. The molecule has 0 aliphatic rings. The molecule has 5 aromatic rings. The number of fused-ring (bicyclic) bond motifs is 2. The van der Waals surface area contributed by atoms with E-state index in [-0.39, 0.29) is 0 Å². The SMILES string of the molecule is Cc1cc2nc(-c3ccc4nn(C)cc4n3)sc2c(-c2ccc(Cl)cc2)c1C(OC(C)(C)C)C(=O)O. The Bertz CT molecular complexity index is 1620. The van der Waals surface area contributed by atoms with Gasteiger partial charge in [-0.25, -0.2) is 14.8 Å². The van der Waals surface area contributed by atoms with Gasteiger partial charge in [-0.15, -0.1) is 11.3 Å². The van der Waals surface area contributed by atoms with Crippen LogP contribution >= 0.6 is 22.9 Å². The molecule has 0 bridgehead atoms. The molecule has 2 aromatic carbocycles. The molecule has 5 rings (SSSR count). The zero-order chi connectivity index (χ0) is 25.8. The summed E-state index contributed by atoms with van der Waals surface area (Å²) in [6.07, 6.45) is 0.713. The summed E-state index contributed by atoms with van der Waals surface area (Å²) in [5.41, 5.74) is 5.47. The summed E-state index contributed by atoms with van der Waals surface area (Å²) in [6.45, 7) is 7.45. The van der Waals surface area contributed by atoms with Crippen molar-refractivity contribution >= 4 is 50.2 Å². The fourth-order valence-electron chi connectivity index (χ4n) is 4.29. The van der Waals surface area contributed by atoms with Crippen LogP contribution in [0.3, 0.4) is 0 Å². The Hall–Kier alpha value is -3.33. The van der Waals surface area contributed by atoms with Gasteiger partial charge >= 0.3 is 5.97 Å². The number of nitrogens with zero attached hydrogens (tertiary/aromatic N) is 4. The number of carboxylic acid groups (broad SMARTS) is 1. The fraction of sp³-hybridized carbons (Fsp3) is 0.259. The Morgan fingerprint density at radius 1 is 1.08 bits per heavy atom. The van der Waals surface area contributed by atoms with Crippen molar-refractivity contribution in [3.05, 3.63) is 64.8 Å². The van der Waals surface area contributed by atoms with Gasteiger partial charge in [-0.2, -0.15) is 5.10 Å². The average molecular weight is 521 g/mol. The normalized spacial score (nSPS) is 12.9. The van der Waals surface area contributed by atoms with Crippen LogP contribution < -0.4 is 0 Å². The highest BCUT2D eigenvalue weighted by atomic mass is 35.5. The molecule has 184 valence electrons. The van der Waals surface area contributed by atoms with E-state index >= 15 is 0 Å². The molecule has 0 aliphatic carbocycles. The number of benzene rings is 2. The number of aromatic nitrogens is 4. The maximum absolute atomic E-state index is 12.5. The molecule has 3 heterocycles. The summed E-state index contributed by atoms with van der Waals surface area (Å²) in [6, 6.07) is 13.2. The number of hydrogen-bond donors (Lipinski definition) is 1. The number of thiazole rings is 1. The molecule has 9 heteroatoms.